The lowest BCUT2D eigenvalue weighted by Gasteiger charge is -1.95. The van der Waals surface area contributed by atoms with Crippen molar-refractivity contribution < 1.29 is 9.18 Å². The predicted octanol–water partition coefficient (Wildman–Crippen LogP) is 1.09. The van der Waals surface area contributed by atoms with E-state index in [1.807, 2.05) is 0 Å². The first kappa shape index (κ1) is 6.98. The molecule has 0 atom stereocenters. The van der Waals surface area contributed by atoms with Crippen LogP contribution in [0.2, 0.25) is 0 Å². The largest absolute Gasteiger partial charge is 0.283 e. The summed E-state index contributed by atoms with van der Waals surface area (Å²) < 4.78 is 11.2. The van der Waals surface area contributed by atoms with Crippen LogP contribution in [0.4, 0.5) is 4.39 Å². The molecule has 0 aromatic rings. The minimum absolute atomic E-state index is 0.153. The van der Waals surface area contributed by atoms with Gasteiger partial charge in [0.05, 0.1) is 0 Å². The smallest absolute Gasteiger partial charge is 0.269 e. The summed E-state index contributed by atoms with van der Waals surface area (Å²) >= 11 is 9.48. The normalized spacial score (nSPS) is 8.43. The van der Waals surface area contributed by atoms with Gasteiger partial charge < -0.3 is 0 Å². The van der Waals surface area contributed by atoms with Gasteiger partial charge in [0.1, 0.15) is 0 Å². The van der Waals surface area contributed by atoms with Gasteiger partial charge in [-0.25, -0.2) is 4.39 Å². The third-order valence-electron chi connectivity index (χ3n) is 0.303. The minimum atomic E-state index is -1.16. The van der Waals surface area contributed by atoms with Crippen LogP contribution >= 0.6 is 23.6 Å². The predicted molar refractivity (Wildman–Crippen MR) is 24.5 cm³/mol. The fraction of sp³-hybridized carbons (Fsp3) is 0.500. The van der Waals surface area contributed by atoms with E-state index in [2.05, 4.69) is 0 Å². The van der Waals surface area contributed by atoms with Crippen molar-refractivity contribution in [1.29, 1.82) is 0 Å². The number of alkyl halides is 1. The Labute approximate surface area is 50.0 Å². The zero-order valence-corrected chi connectivity index (χ0v) is 4.71. The van der Waals surface area contributed by atoms with Gasteiger partial charge in [-0.15, -0.1) is 0 Å². The van der Waals surface area contributed by atoms with Gasteiger partial charge in [0.25, 0.3) is 5.91 Å². The summed E-state index contributed by atoms with van der Waals surface area (Å²) in [6.45, 7) is -1.16. The van der Waals surface area contributed by atoms with Crippen molar-refractivity contribution in [3.63, 3.8) is 0 Å². The number of amides is 1. The molecule has 0 aromatic heterocycles. The minimum Gasteiger partial charge on any atom is -0.269 e. The molecule has 0 saturated heterocycles. The van der Waals surface area contributed by atoms with Crippen LogP contribution < -0.4 is 0 Å². The van der Waals surface area contributed by atoms with Gasteiger partial charge in [0, 0.05) is 23.6 Å². The number of carbonyl (C=O) groups is 1. The standard InChI is InChI=1S/C2H2Cl2FNO/c3-6(4)2(7)1-5/h1H2. The Morgan fingerprint density at radius 3 is 2.14 bits per heavy atom. The molecule has 42 valence electrons. The van der Waals surface area contributed by atoms with Crippen molar-refractivity contribution in [1.82, 2.24) is 3.94 Å². The summed E-state index contributed by atoms with van der Waals surface area (Å²) in [5, 5.41) is 0. The zero-order chi connectivity index (χ0) is 5.86. The summed E-state index contributed by atoms with van der Waals surface area (Å²) in [4.78, 5) is 9.80. The number of hydrogen-bond donors (Lipinski definition) is 0. The zero-order valence-electron chi connectivity index (χ0n) is 3.20. The van der Waals surface area contributed by atoms with Crippen LogP contribution in [-0.2, 0) is 4.79 Å². The molecule has 1 amide bonds. The van der Waals surface area contributed by atoms with Crippen molar-refractivity contribution in [2.45, 2.75) is 0 Å². The number of carbonyl (C=O) groups excluding carboxylic acids is 1. The second-order valence-electron chi connectivity index (χ2n) is 0.760. The van der Waals surface area contributed by atoms with Crippen LogP contribution in [0.3, 0.4) is 0 Å². The lowest BCUT2D eigenvalue weighted by Crippen LogP contribution is -2.11. The van der Waals surface area contributed by atoms with E-state index in [0.717, 1.165) is 0 Å². The molecule has 0 N–H and O–H groups in total. The highest BCUT2D eigenvalue weighted by atomic mass is 35.5. The summed E-state index contributed by atoms with van der Waals surface area (Å²) in [5.74, 6) is -0.955. The van der Waals surface area contributed by atoms with Gasteiger partial charge in [0.15, 0.2) is 6.67 Å². The maximum absolute atomic E-state index is 11.1. The molecule has 0 aliphatic rings. The van der Waals surface area contributed by atoms with Gasteiger partial charge in [-0.05, 0) is 0 Å². The molecule has 0 unspecified atom stereocenters. The first-order valence-corrected chi connectivity index (χ1v) is 2.06. The lowest BCUT2D eigenvalue weighted by molar-refractivity contribution is -0.124. The first-order valence-electron chi connectivity index (χ1n) is 1.39. The molecule has 0 rings (SSSR count). The maximum Gasteiger partial charge on any atom is 0.283 e. The molecule has 0 saturated carbocycles. The summed E-state index contributed by atoms with van der Waals surface area (Å²) in [6, 6.07) is 0. The highest BCUT2D eigenvalue weighted by molar-refractivity contribution is 6.41. The molecule has 5 heteroatoms. The Hall–Kier alpha value is -0.0200. The molecule has 0 aliphatic heterocycles. The number of nitrogens with zero attached hydrogens (tertiary/aromatic N) is 1. The molecule has 7 heavy (non-hydrogen) atoms. The Bertz CT molecular complexity index is 76.1. The number of rotatable bonds is 1. The monoisotopic (exact) mass is 145 g/mol. The van der Waals surface area contributed by atoms with E-state index in [1.54, 1.807) is 0 Å². The van der Waals surface area contributed by atoms with E-state index in [0.29, 0.717) is 0 Å². The second kappa shape index (κ2) is 3.04. The molecule has 0 aromatic carbocycles. The average Bonchev–Trinajstić information content (AvgIpc) is 1.65. The Morgan fingerprint density at radius 1 is 1.71 bits per heavy atom. The molecular formula is C2H2Cl2FNO. The van der Waals surface area contributed by atoms with Gasteiger partial charge in [-0.2, -0.15) is 3.94 Å². The quantitative estimate of drug-likeness (QED) is 0.507. The molecule has 0 spiro atoms. The molecule has 0 heterocycles. The van der Waals surface area contributed by atoms with E-state index < -0.39 is 12.6 Å². The fourth-order valence-corrected chi connectivity index (χ4v) is 0.136. The van der Waals surface area contributed by atoms with Crippen molar-refractivity contribution >= 4 is 29.5 Å². The second-order valence-corrected chi connectivity index (χ2v) is 1.61. The first-order chi connectivity index (χ1) is 3.18. The van der Waals surface area contributed by atoms with E-state index in [9.17, 15) is 9.18 Å². The van der Waals surface area contributed by atoms with Crippen molar-refractivity contribution in [3.05, 3.63) is 0 Å². The van der Waals surface area contributed by atoms with Gasteiger partial charge >= 0.3 is 0 Å². The number of halogens is 3. The third kappa shape index (κ3) is 2.65. The Morgan fingerprint density at radius 2 is 2.14 bits per heavy atom. The van der Waals surface area contributed by atoms with Gasteiger partial charge in [-0.3, -0.25) is 4.79 Å². The van der Waals surface area contributed by atoms with Gasteiger partial charge in [0.2, 0.25) is 0 Å². The van der Waals surface area contributed by atoms with Crippen molar-refractivity contribution in [2.75, 3.05) is 6.67 Å². The molecule has 2 nitrogen and oxygen atoms in total. The van der Waals surface area contributed by atoms with E-state index in [-0.39, 0.29) is 3.94 Å². The summed E-state index contributed by atoms with van der Waals surface area (Å²) in [7, 11) is 0. The van der Waals surface area contributed by atoms with Crippen LogP contribution in [0.25, 0.3) is 0 Å². The Balaban J connectivity index is 3.35. The van der Waals surface area contributed by atoms with Crippen LogP contribution in [0, 0.1) is 0 Å². The Kier molecular flexibility index (Phi) is 3.04. The molecular weight excluding hydrogens is 144 g/mol. The summed E-state index contributed by atoms with van der Waals surface area (Å²) in [5.41, 5.74) is 0. The molecule has 0 aliphatic carbocycles. The topological polar surface area (TPSA) is 20.3 Å². The van der Waals surface area contributed by atoms with Crippen LogP contribution in [0.1, 0.15) is 0 Å². The highest BCUT2D eigenvalue weighted by Crippen LogP contribution is 1.98. The fourth-order valence-electron chi connectivity index (χ4n) is 0.0452. The highest BCUT2D eigenvalue weighted by Gasteiger charge is 2.04. The van der Waals surface area contributed by atoms with Crippen molar-refractivity contribution in [2.24, 2.45) is 0 Å². The van der Waals surface area contributed by atoms with E-state index >= 15 is 0 Å². The van der Waals surface area contributed by atoms with Crippen LogP contribution in [-0.4, -0.2) is 16.5 Å². The van der Waals surface area contributed by atoms with E-state index in [1.165, 1.54) is 0 Å². The molecule has 0 radical (unpaired) electrons. The average molecular weight is 146 g/mol. The van der Waals surface area contributed by atoms with Crippen LogP contribution in [0.5, 0.6) is 0 Å². The van der Waals surface area contributed by atoms with E-state index in [4.69, 9.17) is 23.6 Å². The lowest BCUT2D eigenvalue weighted by atomic mass is 10.7. The van der Waals surface area contributed by atoms with Crippen molar-refractivity contribution in [3.8, 4) is 0 Å². The number of hydrogen-bond acceptors (Lipinski definition) is 1. The molecule has 0 fully saturated rings. The maximum atomic E-state index is 11.1. The summed E-state index contributed by atoms with van der Waals surface area (Å²) in [6.07, 6.45) is 0. The SMILES string of the molecule is O=C(CF)N(Cl)Cl. The van der Waals surface area contributed by atoms with Crippen LogP contribution in [0.15, 0.2) is 0 Å². The third-order valence-corrected chi connectivity index (χ3v) is 0.680. The molecule has 0 bridgehead atoms. The van der Waals surface area contributed by atoms with Gasteiger partial charge in [-0.1, -0.05) is 0 Å².